The van der Waals surface area contributed by atoms with E-state index in [0.717, 1.165) is 71.2 Å². The van der Waals surface area contributed by atoms with Crippen molar-refractivity contribution in [1.82, 2.24) is 10.6 Å². The van der Waals surface area contributed by atoms with E-state index in [0.29, 0.717) is 12.3 Å². The fourth-order valence-electron chi connectivity index (χ4n) is 6.98. The maximum atomic E-state index is 13.4. The molecule has 40 heavy (non-hydrogen) atoms. The van der Waals surface area contributed by atoms with Gasteiger partial charge in [-0.1, -0.05) is 63.3 Å². The number of carbonyl (C=O) groups is 2. The Morgan fingerprint density at radius 1 is 1.20 bits per heavy atom. The first-order valence-corrected chi connectivity index (χ1v) is 15.2. The third-order valence-corrected chi connectivity index (χ3v) is 9.95. The minimum Gasteiger partial charge on any atom is -0.355 e. The molecule has 2 bridgehead atoms. The Hall–Kier alpha value is -2.97. The number of rotatable bonds is 10. The molecular formula is C35H43N2O2P. The average Bonchev–Trinajstić information content (AvgIpc) is 3.27. The molecule has 0 aliphatic heterocycles. The Labute approximate surface area is 242 Å². The van der Waals surface area contributed by atoms with E-state index < -0.39 is 5.41 Å². The molecule has 0 radical (unpaired) electrons. The van der Waals surface area contributed by atoms with Crippen LogP contribution in [0, 0.1) is 5.92 Å². The molecule has 4 aliphatic carbocycles. The Kier molecular flexibility index (Phi) is 7.70. The van der Waals surface area contributed by atoms with Gasteiger partial charge < -0.3 is 10.6 Å². The van der Waals surface area contributed by atoms with Crippen molar-refractivity contribution in [3.63, 3.8) is 0 Å². The Balaban J connectivity index is 1.63. The molecule has 3 atom stereocenters. The molecule has 2 aromatic rings. The summed E-state index contributed by atoms with van der Waals surface area (Å²) < 4.78 is 0. The van der Waals surface area contributed by atoms with Crippen LogP contribution in [0.2, 0.25) is 0 Å². The second-order valence-corrected chi connectivity index (χ2v) is 13.3. The summed E-state index contributed by atoms with van der Waals surface area (Å²) in [5.74, 6) is 1.11. The van der Waals surface area contributed by atoms with Gasteiger partial charge in [-0.3, -0.25) is 9.59 Å². The molecule has 0 spiro atoms. The molecule has 3 unspecified atom stereocenters. The largest absolute Gasteiger partial charge is 0.355 e. The highest BCUT2D eigenvalue weighted by atomic mass is 31.0. The molecule has 3 fully saturated rings. The van der Waals surface area contributed by atoms with Crippen LogP contribution in [-0.4, -0.2) is 24.4 Å². The minimum absolute atomic E-state index is 0.0328. The molecule has 2 aromatic carbocycles. The number of carbonyl (C=O) groups excluding carboxylic acids is 2. The van der Waals surface area contributed by atoms with Crippen LogP contribution in [0.15, 0.2) is 60.7 Å². The first kappa shape index (κ1) is 28.6. The van der Waals surface area contributed by atoms with E-state index >= 15 is 0 Å². The molecule has 3 saturated carbocycles. The second kappa shape index (κ2) is 10.8. The van der Waals surface area contributed by atoms with E-state index in [4.69, 9.17) is 0 Å². The molecule has 4 nitrogen and oxygen atoms in total. The highest BCUT2D eigenvalue weighted by molar-refractivity contribution is 7.27. The average molecular weight is 555 g/mol. The van der Waals surface area contributed by atoms with Crippen molar-refractivity contribution in [1.29, 1.82) is 0 Å². The number of amides is 2. The van der Waals surface area contributed by atoms with Crippen LogP contribution in [0.25, 0.3) is 11.1 Å². The zero-order valence-corrected chi connectivity index (χ0v) is 25.8. The lowest BCUT2D eigenvalue weighted by molar-refractivity contribution is -0.129. The lowest BCUT2D eigenvalue weighted by atomic mass is 9.50. The zero-order valence-electron chi connectivity index (χ0n) is 24.6. The molecule has 5 heteroatoms. The molecule has 0 saturated heterocycles. The van der Waals surface area contributed by atoms with Crippen molar-refractivity contribution < 1.29 is 9.59 Å². The van der Waals surface area contributed by atoms with Crippen molar-refractivity contribution in [3.8, 4) is 0 Å². The first-order chi connectivity index (χ1) is 19.0. The van der Waals surface area contributed by atoms with Crippen LogP contribution < -0.4 is 15.9 Å². The summed E-state index contributed by atoms with van der Waals surface area (Å²) in [6, 6.07) is 12.9. The summed E-state index contributed by atoms with van der Waals surface area (Å²) >= 11 is 0. The second-order valence-electron chi connectivity index (χ2n) is 12.6. The van der Waals surface area contributed by atoms with Crippen LogP contribution in [0.4, 0.5) is 0 Å². The van der Waals surface area contributed by atoms with E-state index in [-0.39, 0.29) is 17.4 Å². The van der Waals surface area contributed by atoms with Gasteiger partial charge in [0, 0.05) is 23.6 Å². The topological polar surface area (TPSA) is 58.2 Å². The number of likely N-dealkylation sites (N-methyl/N-ethyl adjacent to an activating group) is 1. The highest BCUT2D eigenvalue weighted by Crippen LogP contribution is 2.57. The summed E-state index contributed by atoms with van der Waals surface area (Å²) in [6.45, 7) is 12.7. The number of fused-ring (bicyclic) bond motifs is 1. The van der Waals surface area contributed by atoms with Crippen LogP contribution in [0.3, 0.4) is 0 Å². The van der Waals surface area contributed by atoms with E-state index in [1.165, 1.54) is 16.7 Å². The van der Waals surface area contributed by atoms with E-state index in [1.807, 2.05) is 13.0 Å². The molecule has 210 valence electrons. The lowest BCUT2D eigenvalue weighted by Crippen LogP contribution is -2.68. The van der Waals surface area contributed by atoms with Crippen molar-refractivity contribution in [2.75, 3.05) is 7.05 Å². The molecule has 0 aromatic heterocycles. The molecule has 2 amide bonds. The van der Waals surface area contributed by atoms with E-state index in [9.17, 15) is 9.59 Å². The SMILES string of the molecule is C=CCC(C)(/C=C(\C)C(=O)NC12CC(C1)C2)c1cc2c(cc1C(C)CC)CC(c1ccc(P)cc1)=C2C(=O)NC. The number of hydrogen-bond donors (Lipinski definition) is 2. The standard InChI is InChI=1S/C35H43N2O2P/c1-7-13-34(5,17-22(4)32(38)37-35-18-23(19-35)20-35)30-16-29-25(14-27(30)21(3)8-2)15-28(31(29)33(39)36-6)24-9-11-26(40)12-10-24/h7,9-12,14,16-17,21,23H,1,8,13,15,18-20,40H2,2-6H3,(H,36,39)(H,37,38)/b22-17+. The highest BCUT2D eigenvalue weighted by Gasteiger charge is 2.57. The van der Waals surface area contributed by atoms with Gasteiger partial charge in [0.05, 0.1) is 5.57 Å². The summed E-state index contributed by atoms with van der Waals surface area (Å²) in [4.78, 5) is 26.7. The van der Waals surface area contributed by atoms with Gasteiger partial charge in [-0.2, -0.15) is 0 Å². The normalized spacial score (nSPS) is 23.4. The first-order valence-electron chi connectivity index (χ1n) is 14.6. The predicted octanol–water partition coefficient (Wildman–Crippen LogP) is 6.36. The zero-order chi connectivity index (χ0) is 28.8. The molecule has 0 heterocycles. The van der Waals surface area contributed by atoms with Gasteiger partial charge in [0.1, 0.15) is 0 Å². The lowest BCUT2D eigenvalue weighted by Gasteiger charge is -2.61. The fourth-order valence-corrected chi connectivity index (χ4v) is 7.17. The molecule has 6 rings (SSSR count). The van der Waals surface area contributed by atoms with Crippen LogP contribution >= 0.6 is 9.24 Å². The number of hydrogen-bond acceptors (Lipinski definition) is 2. The third kappa shape index (κ3) is 5.00. The molecule has 2 N–H and O–H groups in total. The Morgan fingerprint density at radius 3 is 2.42 bits per heavy atom. The maximum Gasteiger partial charge on any atom is 0.251 e. The van der Waals surface area contributed by atoms with Gasteiger partial charge in [0.25, 0.3) is 5.91 Å². The number of allylic oxidation sites excluding steroid dienone is 3. The summed E-state index contributed by atoms with van der Waals surface area (Å²) in [5.41, 5.74) is 7.83. The van der Waals surface area contributed by atoms with Gasteiger partial charge in [-0.15, -0.1) is 15.8 Å². The summed E-state index contributed by atoms with van der Waals surface area (Å²) in [7, 11) is 4.43. The Bertz CT molecular complexity index is 1420. The number of nitrogens with one attached hydrogen (secondary N) is 2. The van der Waals surface area contributed by atoms with Gasteiger partial charge >= 0.3 is 0 Å². The third-order valence-electron chi connectivity index (χ3n) is 9.56. The van der Waals surface area contributed by atoms with Crippen molar-refractivity contribution in [3.05, 3.63) is 88.5 Å². The van der Waals surface area contributed by atoms with Crippen LogP contribution in [0.1, 0.15) is 93.5 Å². The minimum atomic E-state index is -0.450. The summed E-state index contributed by atoms with van der Waals surface area (Å²) in [6.07, 6.45) is 9.86. The van der Waals surface area contributed by atoms with Crippen molar-refractivity contribution >= 4 is 37.5 Å². The molecule has 4 aliphatic rings. The van der Waals surface area contributed by atoms with Crippen molar-refractivity contribution in [2.24, 2.45) is 5.92 Å². The van der Waals surface area contributed by atoms with Crippen molar-refractivity contribution in [2.45, 2.75) is 83.1 Å². The summed E-state index contributed by atoms with van der Waals surface area (Å²) in [5, 5.41) is 7.33. The number of benzene rings is 2. The monoisotopic (exact) mass is 554 g/mol. The van der Waals surface area contributed by atoms with E-state index in [1.54, 1.807) is 7.05 Å². The van der Waals surface area contributed by atoms with Crippen LogP contribution in [0.5, 0.6) is 0 Å². The van der Waals surface area contributed by atoms with Gasteiger partial charge in [0.15, 0.2) is 0 Å². The predicted molar refractivity (Wildman–Crippen MR) is 170 cm³/mol. The maximum absolute atomic E-state index is 13.4. The smallest absolute Gasteiger partial charge is 0.251 e. The van der Waals surface area contributed by atoms with Crippen LogP contribution in [-0.2, 0) is 21.4 Å². The van der Waals surface area contributed by atoms with Gasteiger partial charge in [-0.25, -0.2) is 0 Å². The molecular weight excluding hydrogens is 511 g/mol. The van der Waals surface area contributed by atoms with Gasteiger partial charge in [-0.05, 0) is 102 Å². The Morgan fingerprint density at radius 2 is 1.88 bits per heavy atom. The van der Waals surface area contributed by atoms with Gasteiger partial charge in [0.2, 0.25) is 5.91 Å². The quantitative estimate of drug-likeness (QED) is 0.204. The van der Waals surface area contributed by atoms with E-state index in [2.05, 4.69) is 89.7 Å². The fraction of sp³-hybridized carbons (Fsp3) is 0.429.